The minimum Gasteiger partial charge on any atom is -0.484 e. The minimum absolute atomic E-state index is 0.165. The largest absolute Gasteiger partial charge is 0.484 e. The Labute approximate surface area is 196 Å². The molecule has 160 valence electrons. The van der Waals surface area contributed by atoms with Crippen molar-refractivity contribution >= 4 is 51.9 Å². The van der Waals surface area contributed by atoms with Crippen LogP contribution in [0.2, 0.25) is 0 Å². The summed E-state index contributed by atoms with van der Waals surface area (Å²) in [6, 6.07) is 19.7. The number of benzene rings is 3. The van der Waals surface area contributed by atoms with Gasteiger partial charge in [-0.2, -0.15) is 5.01 Å². The van der Waals surface area contributed by atoms with E-state index >= 15 is 0 Å². The molecule has 1 aliphatic heterocycles. The summed E-state index contributed by atoms with van der Waals surface area (Å²) in [7, 11) is 0. The first-order chi connectivity index (χ1) is 15.4. The van der Waals surface area contributed by atoms with Gasteiger partial charge >= 0.3 is 0 Å². The highest BCUT2D eigenvalue weighted by atomic mass is 127. The summed E-state index contributed by atoms with van der Waals surface area (Å²) in [6.07, 6.45) is 0. The number of ether oxygens (including phenoxy) is 1. The lowest BCUT2D eigenvalue weighted by molar-refractivity contribution is -0.118. The highest BCUT2D eigenvalue weighted by molar-refractivity contribution is 14.1. The molecule has 0 radical (unpaired) electrons. The van der Waals surface area contributed by atoms with Crippen molar-refractivity contribution in [3.8, 4) is 5.75 Å². The molecular formula is C23H16IN3O5. The number of amides is 4. The maximum atomic E-state index is 12.6. The fourth-order valence-corrected chi connectivity index (χ4v) is 3.43. The molecule has 1 aliphatic rings. The minimum atomic E-state index is -0.661. The van der Waals surface area contributed by atoms with Crippen molar-refractivity contribution in [1.82, 2.24) is 10.4 Å². The molecule has 0 spiro atoms. The Morgan fingerprint density at radius 3 is 2.19 bits per heavy atom. The average Bonchev–Trinajstić information content (AvgIpc) is 3.04. The molecule has 4 amide bonds. The van der Waals surface area contributed by atoms with Crippen LogP contribution in [0.25, 0.3) is 0 Å². The molecule has 1 heterocycles. The Balaban J connectivity index is 1.38. The molecule has 9 heteroatoms. The van der Waals surface area contributed by atoms with E-state index in [1.807, 2.05) is 12.1 Å². The molecule has 0 atom stereocenters. The first kappa shape index (κ1) is 21.5. The molecule has 0 fully saturated rings. The monoisotopic (exact) mass is 541 g/mol. The molecule has 0 saturated carbocycles. The maximum absolute atomic E-state index is 12.6. The SMILES string of the molecule is O=C(COc1ccc(I)cc1)Nc1cccc(C(=O)NN2C(=O)c3ccccc3C2=O)c1. The van der Waals surface area contributed by atoms with Crippen LogP contribution in [0, 0.1) is 3.57 Å². The Morgan fingerprint density at radius 1 is 0.875 bits per heavy atom. The van der Waals surface area contributed by atoms with Gasteiger partial charge in [-0.1, -0.05) is 18.2 Å². The van der Waals surface area contributed by atoms with Crippen LogP contribution in [0.4, 0.5) is 5.69 Å². The van der Waals surface area contributed by atoms with Gasteiger partial charge in [-0.25, -0.2) is 0 Å². The van der Waals surface area contributed by atoms with Crippen molar-refractivity contribution in [2.75, 3.05) is 11.9 Å². The van der Waals surface area contributed by atoms with Crippen molar-refractivity contribution in [2.45, 2.75) is 0 Å². The van der Waals surface area contributed by atoms with Gasteiger partial charge in [-0.05, 0) is 77.2 Å². The van der Waals surface area contributed by atoms with Gasteiger partial charge in [0.2, 0.25) is 0 Å². The Morgan fingerprint density at radius 2 is 1.53 bits per heavy atom. The van der Waals surface area contributed by atoms with Crippen LogP contribution in [0.3, 0.4) is 0 Å². The van der Waals surface area contributed by atoms with Crippen LogP contribution in [-0.2, 0) is 4.79 Å². The summed E-state index contributed by atoms with van der Waals surface area (Å²) in [6.45, 7) is -0.202. The number of anilines is 1. The van der Waals surface area contributed by atoms with Crippen molar-refractivity contribution < 1.29 is 23.9 Å². The van der Waals surface area contributed by atoms with E-state index in [1.165, 1.54) is 24.3 Å². The predicted molar refractivity (Wildman–Crippen MR) is 124 cm³/mol. The fourth-order valence-electron chi connectivity index (χ4n) is 3.07. The lowest BCUT2D eigenvalue weighted by Crippen LogP contribution is -2.45. The summed E-state index contributed by atoms with van der Waals surface area (Å²) in [5, 5.41) is 3.34. The van der Waals surface area contributed by atoms with E-state index < -0.39 is 23.6 Å². The van der Waals surface area contributed by atoms with Gasteiger partial charge in [0.1, 0.15) is 5.75 Å². The zero-order chi connectivity index (χ0) is 22.7. The van der Waals surface area contributed by atoms with Crippen LogP contribution < -0.4 is 15.5 Å². The van der Waals surface area contributed by atoms with E-state index in [9.17, 15) is 19.2 Å². The maximum Gasteiger partial charge on any atom is 0.280 e. The summed E-state index contributed by atoms with van der Waals surface area (Å²) in [5.41, 5.74) is 3.32. The van der Waals surface area contributed by atoms with Crippen LogP contribution >= 0.6 is 22.6 Å². The van der Waals surface area contributed by atoms with Crippen LogP contribution in [0.1, 0.15) is 31.1 Å². The number of carbonyl (C=O) groups excluding carboxylic acids is 4. The van der Waals surface area contributed by atoms with Crippen molar-refractivity contribution in [3.63, 3.8) is 0 Å². The highest BCUT2D eigenvalue weighted by Crippen LogP contribution is 2.21. The third-order valence-electron chi connectivity index (χ3n) is 4.60. The second kappa shape index (κ2) is 9.18. The van der Waals surface area contributed by atoms with E-state index in [0.717, 1.165) is 3.57 Å². The number of hydrogen-bond acceptors (Lipinski definition) is 5. The molecule has 4 rings (SSSR count). The molecule has 0 aromatic heterocycles. The summed E-state index contributed by atoms with van der Waals surface area (Å²) in [4.78, 5) is 49.6. The molecule has 2 N–H and O–H groups in total. The van der Waals surface area contributed by atoms with Crippen LogP contribution in [-0.4, -0.2) is 35.2 Å². The third-order valence-corrected chi connectivity index (χ3v) is 5.32. The Kier molecular flexibility index (Phi) is 6.17. The fraction of sp³-hybridized carbons (Fsp3) is 0.0435. The number of hydrazine groups is 1. The lowest BCUT2D eigenvalue weighted by atomic mass is 10.1. The Bertz CT molecular complexity index is 1190. The number of nitrogens with zero attached hydrogens (tertiary/aromatic N) is 1. The van der Waals surface area contributed by atoms with Crippen molar-refractivity contribution in [1.29, 1.82) is 0 Å². The number of nitrogens with one attached hydrogen (secondary N) is 2. The number of rotatable bonds is 6. The van der Waals surface area contributed by atoms with Crippen LogP contribution in [0.5, 0.6) is 5.75 Å². The van der Waals surface area contributed by atoms with Gasteiger partial charge in [0, 0.05) is 14.8 Å². The molecule has 0 saturated heterocycles. The Hall–Kier alpha value is -3.73. The smallest absolute Gasteiger partial charge is 0.280 e. The second-order valence-corrected chi connectivity index (χ2v) is 8.05. The molecule has 8 nitrogen and oxygen atoms in total. The van der Waals surface area contributed by atoms with E-state index in [0.29, 0.717) is 16.4 Å². The normalized spacial score (nSPS) is 12.3. The summed E-state index contributed by atoms with van der Waals surface area (Å²) >= 11 is 2.17. The zero-order valence-electron chi connectivity index (χ0n) is 16.5. The average molecular weight is 541 g/mol. The number of imide groups is 1. The summed E-state index contributed by atoms with van der Waals surface area (Å²) in [5.74, 6) is -1.70. The molecule has 3 aromatic carbocycles. The van der Waals surface area contributed by atoms with E-state index in [4.69, 9.17) is 4.74 Å². The highest BCUT2D eigenvalue weighted by Gasteiger charge is 2.36. The van der Waals surface area contributed by atoms with E-state index in [-0.39, 0.29) is 23.3 Å². The topological polar surface area (TPSA) is 105 Å². The first-order valence-electron chi connectivity index (χ1n) is 9.49. The van der Waals surface area contributed by atoms with E-state index in [1.54, 1.807) is 36.4 Å². The summed E-state index contributed by atoms with van der Waals surface area (Å²) < 4.78 is 6.49. The molecule has 0 unspecified atom stereocenters. The second-order valence-electron chi connectivity index (χ2n) is 6.80. The molecule has 0 bridgehead atoms. The van der Waals surface area contributed by atoms with Gasteiger partial charge < -0.3 is 10.1 Å². The van der Waals surface area contributed by atoms with Crippen LogP contribution in [0.15, 0.2) is 72.8 Å². The van der Waals surface area contributed by atoms with Gasteiger partial charge in [-0.3, -0.25) is 24.6 Å². The first-order valence-corrected chi connectivity index (χ1v) is 10.6. The number of fused-ring (bicyclic) bond motifs is 1. The quantitative estimate of drug-likeness (QED) is 0.369. The number of hydrogen-bond donors (Lipinski definition) is 2. The van der Waals surface area contributed by atoms with Gasteiger partial charge in [-0.15, -0.1) is 0 Å². The molecule has 32 heavy (non-hydrogen) atoms. The zero-order valence-corrected chi connectivity index (χ0v) is 18.7. The molecular weight excluding hydrogens is 525 g/mol. The molecule has 3 aromatic rings. The lowest BCUT2D eigenvalue weighted by Gasteiger charge is -2.15. The van der Waals surface area contributed by atoms with Gasteiger partial charge in [0.05, 0.1) is 11.1 Å². The number of carbonyl (C=O) groups is 4. The third kappa shape index (κ3) is 4.62. The number of halogens is 1. The van der Waals surface area contributed by atoms with E-state index in [2.05, 4.69) is 33.3 Å². The predicted octanol–water partition coefficient (Wildman–Crippen LogP) is 3.25. The van der Waals surface area contributed by atoms with Crippen molar-refractivity contribution in [3.05, 3.63) is 93.1 Å². The molecule has 0 aliphatic carbocycles. The van der Waals surface area contributed by atoms with Gasteiger partial charge in [0.25, 0.3) is 23.6 Å². The standard InChI is InChI=1S/C23H16IN3O5/c24-15-8-10-17(11-9-15)32-13-20(28)25-16-5-3-4-14(12-16)21(29)26-27-22(30)18-6-1-2-7-19(18)23(27)31/h1-12H,13H2,(H,25,28)(H,26,29). The van der Waals surface area contributed by atoms with Gasteiger partial charge in [0.15, 0.2) is 6.61 Å². The van der Waals surface area contributed by atoms with Crippen molar-refractivity contribution in [2.24, 2.45) is 0 Å².